The smallest absolute Gasteiger partial charge is 0.314 e. The second-order valence-corrected chi connectivity index (χ2v) is 5.33. The van der Waals surface area contributed by atoms with Gasteiger partial charge in [0.05, 0.1) is 18.1 Å². The van der Waals surface area contributed by atoms with Crippen molar-refractivity contribution >= 4 is 36.4 Å². The van der Waals surface area contributed by atoms with E-state index in [2.05, 4.69) is 5.32 Å². The molecule has 23 heavy (non-hydrogen) atoms. The van der Waals surface area contributed by atoms with E-state index in [-0.39, 0.29) is 41.8 Å². The number of benzene rings is 1. The summed E-state index contributed by atoms with van der Waals surface area (Å²) < 4.78 is 39.7. The predicted molar refractivity (Wildman–Crippen MR) is 88.4 cm³/mol. The number of nitriles is 1. The van der Waals surface area contributed by atoms with E-state index in [1.165, 1.54) is 12.1 Å². The van der Waals surface area contributed by atoms with Gasteiger partial charge in [-0.2, -0.15) is 18.4 Å². The molecule has 0 bridgehead atoms. The van der Waals surface area contributed by atoms with Crippen LogP contribution in [0.4, 0.5) is 13.2 Å². The Bertz CT molecular complexity index is 540. The van der Waals surface area contributed by atoms with Gasteiger partial charge in [0.25, 0.3) is 0 Å². The number of hydrogen-bond donors (Lipinski definition) is 1. The van der Waals surface area contributed by atoms with Gasteiger partial charge in [-0.1, -0.05) is 17.7 Å². The van der Waals surface area contributed by atoms with Crippen LogP contribution in [0.15, 0.2) is 18.2 Å². The Morgan fingerprint density at radius 1 is 1.26 bits per heavy atom. The summed E-state index contributed by atoms with van der Waals surface area (Å²) in [4.78, 5) is 1.91. The van der Waals surface area contributed by atoms with E-state index in [1.54, 1.807) is 0 Å². The highest BCUT2D eigenvalue weighted by Crippen LogP contribution is 2.38. The van der Waals surface area contributed by atoms with Gasteiger partial charge in [-0.05, 0) is 17.7 Å². The molecule has 1 saturated heterocycles. The van der Waals surface area contributed by atoms with Gasteiger partial charge in [0, 0.05) is 37.2 Å². The SMILES string of the molecule is Cl.Cl.N#CC[C@H](c1ccc(Cl)cc1C(F)(F)F)N1CCNCC1. The first-order valence-corrected chi connectivity index (χ1v) is 6.99. The molecular formula is C14H17Cl3F3N3. The van der Waals surface area contributed by atoms with Crippen LogP contribution in [0.1, 0.15) is 23.6 Å². The molecule has 1 aromatic carbocycles. The fourth-order valence-electron chi connectivity index (χ4n) is 2.58. The van der Waals surface area contributed by atoms with Gasteiger partial charge in [-0.25, -0.2) is 0 Å². The van der Waals surface area contributed by atoms with Gasteiger partial charge >= 0.3 is 6.18 Å². The molecule has 1 aliphatic rings. The minimum atomic E-state index is -4.48. The molecule has 1 fully saturated rings. The lowest BCUT2D eigenvalue weighted by Gasteiger charge is -2.35. The number of hydrogen-bond acceptors (Lipinski definition) is 3. The van der Waals surface area contributed by atoms with Crippen molar-refractivity contribution < 1.29 is 13.2 Å². The molecule has 9 heteroatoms. The molecule has 0 spiro atoms. The molecule has 2 rings (SSSR count). The Labute approximate surface area is 150 Å². The average Bonchev–Trinajstić information content (AvgIpc) is 2.45. The van der Waals surface area contributed by atoms with E-state index < -0.39 is 17.8 Å². The molecule has 0 aliphatic carbocycles. The van der Waals surface area contributed by atoms with Crippen LogP contribution in [0, 0.1) is 11.3 Å². The fourth-order valence-corrected chi connectivity index (χ4v) is 2.75. The summed E-state index contributed by atoms with van der Waals surface area (Å²) in [6, 6.07) is 5.19. The Hall–Kier alpha value is -0.710. The first-order chi connectivity index (χ1) is 9.93. The Morgan fingerprint density at radius 3 is 2.39 bits per heavy atom. The highest BCUT2D eigenvalue weighted by atomic mass is 35.5. The zero-order valence-corrected chi connectivity index (χ0v) is 14.5. The van der Waals surface area contributed by atoms with Gasteiger partial charge in [-0.15, -0.1) is 24.8 Å². The van der Waals surface area contributed by atoms with Gasteiger partial charge in [0.1, 0.15) is 0 Å². The predicted octanol–water partition coefficient (Wildman–Crippen LogP) is 4.06. The van der Waals surface area contributed by atoms with E-state index in [0.29, 0.717) is 26.2 Å². The number of halogens is 6. The first-order valence-electron chi connectivity index (χ1n) is 6.62. The topological polar surface area (TPSA) is 39.1 Å². The molecule has 3 nitrogen and oxygen atoms in total. The molecule has 1 atom stereocenters. The third kappa shape index (κ3) is 5.70. The quantitative estimate of drug-likeness (QED) is 0.846. The molecule has 1 aliphatic heterocycles. The Morgan fingerprint density at radius 2 is 1.87 bits per heavy atom. The Kier molecular flexibility index (Phi) is 9.26. The Balaban J connectivity index is 0.00000242. The van der Waals surface area contributed by atoms with Gasteiger partial charge in [-0.3, -0.25) is 4.90 Å². The number of nitrogens with zero attached hydrogens (tertiary/aromatic N) is 2. The molecule has 0 unspecified atom stereocenters. The second-order valence-electron chi connectivity index (χ2n) is 4.89. The normalized spacial score (nSPS) is 16.7. The summed E-state index contributed by atoms with van der Waals surface area (Å²) in [5.41, 5.74) is -0.635. The van der Waals surface area contributed by atoms with Crippen molar-refractivity contribution in [3.8, 4) is 6.07 Å². The first kappa shape index (κ1) is 22.3. The largest absolute Gasteiger partial charge is 0.416 e. The van der Waals surface area contributed by atoms with Crippen molar-refractivity contribution in [1.82, 2.24) is 10.2 Å². The lowest BCUT2D eigenvalue weighted by Crippen LogP contribution is -2.45. The minimum absolute atomic E-state index is 0. The van der Waals surface area contributed by atoms with Crippen molar-refractivity contribution in [3.63, 3.8) is 0 Å². The monoisotopic (exact) mass is 389 g/mol. The maximum Gasteiger partial charge on any atom is 0.416 e. The molecule has 0 saturated carbocycles. The van der Waals surface area contributed by atoms with Crippen molar-refractivity contribution in [3.05, 3.63) is 34.3 Å². The van der Waals surface area contributed by atoms with Crippen LogP contribution in [0.3, 0.4) is 0 Å². The minimum Gasteiger partial charge on any atom is -0.314 e. The number of piperazine rings is 1. The molecule has 0 radical (unpaired) electrons. The van der Waals surface area contributed by atoms with Crippen molar-refractivity contribution in [1.29, 1.82) is 5.26 Å². The van der Waals surface area contributed by atoms with Gasteiger partial charge in [0.2, 0.25) is 0 Å². The summed E-state index contributed by atoms with van der Waals surface area (Å²) in [5.74, 6) is 0. The van der Waals surface area contributed by atoms with Crippen LogP contribution in [0.5, 0.6) is 0 Å². The van der Waals surface area contributed by atoms with E-state index in [1.807, 2.05) is 11.0 Å². The van der Waals surface area contributed by atoms with Crippen LogP contribution in [0.2, 0.25) is 5.02 Å². The lowest BCUT2D eigenvalue weighted by molar-refractivity contribution is -0.138. The number of alkyl halides is 3. The summed E-state index contributed by atoms with van der Waals surface area (Å²) in [6.45, 7) is 2.65. The van der Waals surface area contributed by atoms with E-state index >= 15 is 0 Å². The molecular weight excluding hydrogens is 374 g/mol. The zero-order chi connectivity index (χ0) is 15.5. The van der Waals surface area contributed by atoms with Crippen LogP contribution in [0.25, 0.3) is 0 Å². The van der Waals surface area contributed by atoms with Crippen molar-refractivity contribution in [2.24, 2.45) is 0 Å². The van der Waals surface area contributed by atoms with Crippen molar-refractivity contribution in [2.45, 2.75) is 18.6 Å². The van der Waals surface area contributed by atoms with E-state index in [9.17, 15) is 13.2 Å². The molecule has 1 aromatic rings. The van der Waals surface area contributed by atoms with Gasteiger partial charge < -0.3 is 5.32 Å². The van der Waals surface area contributed by atoms with Crippen LogP contribution in [-0.4, -0.2) is 31.1 Å². The average molecular weight is 391 g/mol. The molecule has 0 aromatic heterocycles. The third-order valence-electron chi connectivity index (χ3n) is 3.56. The maximum absolute atomic E-state index is 13.2. The molecule has 0 amide bonds. The number of rotatable bonds is 3. The van der Waals surface area contributed by atoms with E-state index in [4.69, 9.17) is 16.9 Å². The zero-order valence-electron chi connectivity index (χ0n) is 12.1. The second kappa shape index (κ2) is 9.55. The highest BCUT2D eigenvalue weighted by molar-refractivity contribution is 6.30. The summed E-state index contributed by atoms with van der Waals surface area (Å²) in [5, 5.41) is 12.2. The number of nitrogens with one attached hydrogen (secondary N) is 1. The summed E-state index contributed by atoms with van der Waals surface area (Å²) in [7, 11) is 0. The van der Waals surface area contributed by atoms with Crippen LogP contribution < -0.4 is 5.32 Å². The highest BCUT2D eigenvalue weighted by Gasteiger charge is 2.37. The van der Waals surface area contributed by atoms with E-state index in [0.717, 1.165) is 6.07 Å². The van der Waals surface area contributed by atoms with Gasteiger partial charge in [0.15, 0.2) is 0 Å². The third-order valence-corrected chi connectivity index (χ3v) is 3.79. The van der Waals surface area contributed by atoms with Crippen LogP contribution >= 0.6 is 36.4 Å². The molecule has 1 heterocycles. The molecule has 1 N–H and O–H groups in total. The molecule has 130 valence electrons. The maximum atomic E-state index is 13.2. The summed E-state index contributed by atoms with van der Waals surface area (Å²) >= 11 is 5.70. The lowest BCUT2D eigenvalue weighted by atomic mass is 9.96. The van der Waals surface area contributed by atoms with Crippen LogP contribution in [-0.2, 0) is 6.18 Å². The standard InChI is InChI=1S/C14H15ClF3N3.2ClH/c15-10-1-2-11(12(9-10)14(16,17)18)13(3-4-19)21-7-5-20-6-8-21;;/h1-2,9,13,20H,3,5-8H2;2*1H/t13-;;/m1../s1. The van der Waals surface area contributed by atoms with Crippen molar-refractivity contribution in [2.75, 3.05) is 26.2 Å². The fraction of sp³-hybridized carbons (Fsp3) is 0.500. The summed E-state index contributed by atoms with van der Waals surface area (Å²) in [6.07, 6.45) is -4.47.